The van der Waals surface area contributed by atoms with Crippen LogP contribution in [0.3, 0.4) is 0 Å². The van der Waals surface area contributed by atoms with Crippen LogP contribution in [-0.2, 0) is 4.79 Å². The van der Waals surface area contributed by atoms with E-state index in [1.807, 2.05) is 24.3 Å². The van der Waals surface area contributed by atoms with Crippen molar-refractivity contribution in [1.29, 1.82) is 0 Å². The maximum Gasteiger partial charge on any atom is 0.253 e. The van der Waals surface area contributed by atoms with Gasteiger partial charge < -0.3 is 10.2 Å². The molecule has 5 nitrogen and oxygen atoms in total. The second-order valence-electron chi connectivity index (χ2n) is 5.83. The van der Waals surface area contributed by atoms with E-state index in [1.54, 1.807) is 23.2 Å². The van der Waals surface area contributed by atoms with Crippen LogP contribution in [0.5, 0.6) is 0 Å². The fraction of sp³-hybridized carbons (Fsp3) is 0.278. The zero-order chi connectivity index (χ0) is 17.1. The maximum atomic E-state index is 12.6. The summed E-state index contributed by atoms with van der Waals surface area (Å²) in [5.41, 5.74) is 2.04. The highest BCUT2D eigenvalue weighted by Gasteiger charge is 2.26. The summed E-state index contributed by atoms with van der Waals surface area (Å²) in [6, 6.07) is 10.9. The largest absolute Gasteiger partial charge is 0.347 e. The Morgan fingerprint density at radius 1 is 1.29 bits per heavy atom. The number of aromatic nitrogens is 1. The summed E-state index contributed by atoms with van der Waals surface area (Å²) in [7, 11) is 0. The highest BCUT2D eigenvalue weighted by Crippen LogP contribution is 2.24. The molecule has 1 aliphatic heterocycles. The first-order valence-corrected chi connectivity index (χ1v) is 8.19. The first-order valence-electron chi connectivity index (χ1n) is 7.82. The molecule has 1 aromatic heterocycles. The summed E-state index contributed by atoms with van der Waals surface area (Å²) in [6.45, 7) is 2.75. The molecule has 1 atom stereocenters. The lowest BCUT2D eigenvalue weighted by Gasteiger charge is -2.16. The van der Waals surface area contributed by atoms with E-state index in [0.717, 1.165) is 17.7 Å². The Balaban J connectivity index is 1.76. The summed E-state index contributed by atoms with van der Waals surface area (Å²) >= 11 is 6.20. The summed E-state index contributed by atoms with van der Waals surface area (Å²) in [5.74, 6) is -0.199. The average Bonchev–Trinajstić information content (AvgIpc) is 3.05. The van der Waals surface area contributed by atoms with Gasteiger partial charge in [0.1, 0.15) is 0 Å². The van der Waals surface area contributed by atoms with Crippen molar-refractivity contribution in [3.8, 4) is 11.3 Å². The Morgan fingerprint density at radius 3 is 2.79 bits per heavy atom. The number of halogens is 1. The summed E-state index contributed by atoms with van der Waals surface area (Å²) < 4.78 is 0. The molecule has 2 aromatic rings. The molecule has 0 radical (unpaired) electrons. The Bertz CT molecular complexity index is 764. The van der Waals surface area contributed by atoms with Crippen molar-refractivity contribution in [2.45, 2.75) is 19.4 Å². The lowest BCUT2D eigenvalue weighted by molar-refractivity contribution is -0.127. The standard InChI is InChI=1S/C18H18ClN3O2/c1-12(23)22-9-7-14(11-22)21-18(24)15-10-13(5-6-16(15)19)17-4-2-3-8-20-17/h2-6,8,10,14H,7,9,11H2,1H3,(H,21,24)/t14-/m1/s1. The number of benzene rings is 1. The fourth-order valence-electron chi connectivity index (χ4n) is 2.82. The molecular formula is C18H18ClN3O2. The molecule has 0 bridgehead atoms. The number of carbonyl (C=O) groups is 2. The van der Waals surface area contributed by atoms with E-state index < -0.39 is 0 Å². The second kappa shape index (κ2) is 7.01. The molecule has 1 N–H and O–H groups in total. The van der Waals surface area contributed by atoms with Gasteiger partial charge in [-0.2, -0.15) is 0 Å². The molecule has 124 valence electrons. The van der Waals surface area contributed by atoms with Crippen LogP contribution < -0.4 is 5.32 Å². The lowest BCUT2D eigenvalue weighted by Crippen LogP contribution is -2.38. The Kier molecular flexibility index (Phi) is 4.81. The third-order valence-electron chi connectivity index (χ3n) is 4.14. The molecule has 2 amide bonds. The van der Waals surface area contributed by atoms with Crippen LogP contribution in [0, 0.1) is 0 Å². The van der Waals surface area contributed by atoms with Gasteiger partial charge in [0.2, 0.25) is 5.91 Å². The van der Waals surface area contributed by atoms with Gasteiger partial charge in [-0.15, -0.1) is 0 Å². The number of likely N-dealkylation sites (tertiary alicyclic amines) is 1. The van der Waals surface area contributed by atoms with Crippen LogP contribution in [0.4, 0.5) is 0 Å². The second-order valence-corrected chi connectivity index (χ2v) is 6.24. The number of amides is 2. The number of hydrogen-bond donors (Lipinski definition) is 1. The maximum absolute atomic E-state index is 12.6. The zero-order valence-electron chi connectivity index (χ0n) is 13.3. The van der Waals surface area contributed by atoms with Crippen LogP contribution in [0.1, 0.15) is 23.7 Å². The van der Waals surface area contributed by atoms with E-state index in [9.17, 15) is 9.59 Å². The Morgan fingerprint density at radius 2 is 2.12 bits per heavy atom. The van der Waals surface area contributed by atoms with Crippen LogP contribution in [0.2, 0.25) is 5.02 Å². The minimum absolute atomic E-state index is 0.0296. The molecular weight excluding hydrogens is 326 g/mol. The first-order chi connectivity index (χ1) is 11.5. The smallest absolute Gasteiger partial charge is 0.253 e. The van der Waals surface area contributed by atoms with E-state index in [4.69, 9.17) is 11.6 Å². The van der Waals surface area contributed by atoms with Gasteiger partial charge in [-0.3, -0.25) is 14.6 Å². The van der Waals surface area contributed by atoms with E-state index in [0.29, 0.717) is 23.7 Å². The van der Waals surface area contributed by atoms with Gasteiger partial charge >= 0.3 is 0 Å². The van der Waals surface area contributed by atoms with E-state index in [2.05, 4.69) is 10.3 Å². The predicted octanol–water partition coefficient (Wildman–Crippen LogP) is 2.75. The van der Waals surface area contributed by atoms with Gasteiger partial charge in [-0.1, -0.05) is 23.7 Å². The number of hydrogen-bond acceptors (Lipinski definition) is 3. The highest BCUT2D eigenvalue weighted by molar-refractivity contribution is 6.34. The van der Waals surface area contributed by atoms with Crippen LogP contribution >= 0.6 is 11.6 Å². The van der Waals surface area contributed by atoms with E-state index in [-0.39, 0.29) is 17.9 Å². The van der Waals surface area contributed by atoms with Crippen LogP contribution in [0.25, 0.3) is 11.3 Å². The molecule has 24 heavy (non-hydrogen) atoms. The monoisotopic (exact) mass is 343 g/mol. The number of nitrogens with one attached hydrogen (secondary N) is 1. The van der Waals surface area contributed by atoms with Gasteiger partial charge in [-0.05, 0) is 30.7 Å². The molecule has 0 spiro atoms. The van der Waals surface area contributed by atoms with Crippen molar-refractivity contribution >= 4 is 23.4 Å². The van der Waals surface area contributed by atoms with E-state index >= 15 is 0 Å². The molecule has 1 saturated heterocycles. The molecule has 0 unspecified atom stereocenters. The quantitative estimate of drug-likeness (QED) is 0.932. The van der Waals surface area contributed by atoms with Crippen molar-refractivity contribution in [2.24, 2.45) is 0 Å². The molecule has 1 fully saturated rings. The normalized spacial score (nSPS) is 16.9. The summed E-state index contributed by atoms with van der Waals surface area (Å²) in [4.78, 5) is 30.0. The van der Waals surface area contributed by atoms with Crippen molar-refractivity contribution in [3.05, 3.63) is 53.2 Å². The van der Waals surface area contributed by atoms with Gasteiger partial charge in [0.15, 0.2) is 0 Å². The number of pyridine rings is 1. The van der Waals surface area contributed by atoms with Crippen molar-refractivity contribution in [2.75, 3.05) is 13.1 Å². The van der Waals surface area contributed by atoms with Crippen molar-refractivity contribution in [3.63, 3.8) is 0 Å². The number of carbonyl (C=O) groups excluding carboxylic acids is 2. The van der Waals surface area contributed by atoms with E-state index in [1.165, 1.54) is 6.92 Å². The fourth-order valence-corrected chi connectivity index (χ4v) is 3.02. The summed E-state index contributed by atoms with van der Waals surface area (Å²) in [6.07, 6.45) is 2.46. The average molecular weight is 344 g/mol. The Hall–Kier alpha value is -2.40. The molecule has 1 aromatic carbocycles. The van der Waals surface area contributed by atoms with Gasteiger partial charge in [-0.25, -0.2) is 0 Å². The predicted molar refractivity (Wildman–Crippen MR) is 92.8 cm³/mol. The third kappa shape index (κ3) is 3.57. The number of nitrogens with zero attached hydrogens (tertiary/aromatic N) is 2. The molecule has 6 heteroatoms. The first kappa shape index (κ1) is 16.5. The SMILES string of the molecule is CC(=O)N1CC[C@@H](NC(=O)c2cc(-c3ccccn3)ccc2Cl)C1. The zero-order valence-corrected chi connectivity index (χ0v) is 14.1. The minimum atomic E-state index is -0.229. The topological polar surface area (TPSA) is 62.3 Å². The molecule has 1 aliphatic rings. The van der Waals surface area contributed by atoms with Crippen LogP contribution in [0.15, 0.2) is 42.6 Å². The molecule has 2 heterocycles. The van der Waals surface area contributed by atoms with Crippen molar-refractivity contribution < 1.29 is 9.59 Å². The number of rotatable bonds is 3. The van der Waals surface area contributed by atoms with Gasteiger partial charge in [0.05, 0.1) is 16.3 Å². The van der Waals surface area contributed by atoms with Gasteiger partial charge in [0, 0.05) is 37.8 Å². The van der Waals surface area contributed by atoms with Crippen molar-refractivity contribution in [1.82, 2.24) is 15.2 Å². The molecule has 0 aliphatic carbocycles. The van der Waals surface area contributed by atoms with Gasteiger partial charge in [0.25, 0.3) is 5.91 Å². The lowest BCUT2D eigenvalue weighted by atomic mass is 10.1. The van der Waals surface area contributed by atoms with Crippen LogP contribution in [-0.4, -0.2) is 40.8 Å². The third-order valence-corrected chi connectivity index (χ3v) is 4.47. The minimum Gasteiger partial charge on any atom is -0.347 e. The summed E-state index contributed by atoms with van der Waals surface area (Å²) in [5, 5.41) is 3.36. The molecule has 3 rings (SSSR count). The molecule has 0 saturated carbocycles. The highest BCUT2D eigenvalue weighted by atomic mass is 35.5. The Labute approximate surface area is 145 Å².